The number of methoxy groups -OCH3 is 1. The Hall–Kier alpha value is -5.12. The molecule has 16 nitrogen and oxygen atoms in total. The first-order valence-electron chi connectivity index (χ1n) is 27.0. The number of esters is 3. The monoisotopic (exact) mass is 1120 g/mol. The van der Waals surface area contributed by atoms with E-state index in [1.807, 2.05) is 97.1 Å². The van der Waals surface area contributed by atoms with Crippen molar-refractivity contribution in [2.75, 3.05) is 26.9 Å². The van der Waals surface area contributed by atoms with Crippen molar-refractivity contribution in [3.05, 3.63) is 138 Å². The summed E-state index contributed by atoms with van der Waals surface area (Å²) in [7, 11) is -1.06. The molecule has 0 unspecified atom stereocenters. The van der Waals surface area contributed by atoms with E-state index in [1.165, 1.54) is 21.0 Å². The summed E-state index contributed by atoms with van der Waals surface area (Å²) in [6, 6.07) is 37.9. The van der Waals surface area contributed by atoms with Crippen LogP contribution in [0.4, 0.5) is 0 Å². The lowest BCUT2D eigenvalue weighted by Gasteiger charge is -2.50. The van der Waals surface area contributed by atoms with Crippen LogP contribution in [-0.2, 0) is 90.7 Å². The Morgan fingerprint density at radius 1 is 0.551 bits per heavy atom. The molecule has 0 aromatic heterocycles. The van der Waals surface area contributed by atoms with E-state index in [1.54, 1.807) is 24.3 Å². The van der Waals surface area contributed by atoms with Gasteiger partial charge in [-0.25, -0.2) is 0 Å². The predicted molar refractivity (Wildman–Crippen MR) is 297 cm³/mol. The van der Waals surface area contributed by atoms with Crippen LogP contribution in [0.1, 0.15) is 96.3 Å². The van der Waals surface area contributed by atoms with Crippen LogP contribution in [0.15, 0.2) is 121 Å². The Balaban J connectivity index is 1.42. The van der Waals surface area contributed by atoms with Crippen molar-refractivity contribution < 1.29 is 75.7 Å². The molecule has 0 aliphatic carbocycles. The smallest absolute Gasteiger partial charge is 0.358 e. The number of carbonyl (C=O) groups is 3. The summed E-state index contributed by atoms with van der Waals surface area (Å²) < 4.78 is 84.8. The van der Waals surface area contributed by atoms with Crippen molar-refractivity contribution in [3.8, 4) is 5.75 Å². The molecule has 78 heavy (non-hydrogen) atoms. The van der Waals surface area contributed by atoms with E-state index >= 15 is 0 Å². The fourth-order valence-corrected chi connectivity index (χ4v) is 9.93. The molecular weight excluding hydrogens is 1040 g/mol. The molecule has 10 atom stereocenters. The largest absolute Gasteiger partial charge is 0.469 e. The zero-order valence-corrected chi connectivity index (χ0v) is 48.3. The Morgan fingerprint density at radius 2 is 1.05 bits per heavy atom. The fraction of sp³-hybridized carbons (Fsp3) is 0.533. The van der Waals surface area contributed by atoms with Crippen molar-refractivity contribution >= 4 is 43.7 Å². The maximum atomic E-state index is 13.6. The molecule has 0 spiro atoms. The van der Waals surface area contributed by atoms with Crippen molar-refractivity contribution in [2.24, 2.45) is 0 Å². The van der Waals surface area contributed by atoms with Crippen LogP contribution in [0.3, 0.4) is 0 Å². The number of hydrogen-bond acceptors (Lipinski definition) is 17. The van der Waals surface area contributed by atoms with Gasteiger partial charge in [0.15, 0.2) is 39.2 Å². The number of benzene rings is 4. The summed E-state index contributed by atoms with van der Waals surface area (Å²) in [6.45, 7) is 13.7. The van der Waals surface area contributed by atoms with E-state index in [0.717, 1.165) is 48.8 Å². The fourth-order valence-electron chi connectivity index (χ4n) is 8.71. The van der Waals surface area contributed by atoms with Crippen LogP contribution in [0.5, 0.6) is 5.75 Å². The number of ether oxygens (including phenoxy) is 12. The molecule has 0 amide bonds. The molecule has 0 N–H and O–H groups in total. The molecule has 2 aliphatic heterocycles. The van der Waals surface area contributed by atoms with Gasteiger partial charge in [0, 0.05) is 39.1 Å². The van der Waals surface area contributed by atoms with Gasteiger partial charge in [-0.1, -0.05) is 156 Å². The number of hydrogen-bond donors (Lipinski definition) is 0. The molecule has 2 fully saturated rings. The standard InChI is InChI=1S/C60H80O16SSi/c1-42(61)66-40-48-51(67-37-44-27-17-13-18-28-44)53(68-38-45-29-19-14-20-30-45)55(69-39-46-31-21-15-22-32-46)58(74-48)75-56-54(71-43(2)62)52(76-59(77)72-47-33-23-16-24-34-47)49(41-70-78(7,8)60(3,4)5)73-57(56)65-36-26-12-10-9-11-25-35-50(63)64-6/h13-24,27-34,48-49,51-58H,9-12,25-26,35-41H2,1-8H3/t48-,49-,51-,52-,53+,54+,55-,56-,57+,58+/m1/s1. The highest BCUT2D eigenvalue weighted by Gasteiger charge is 2.56. The Morgan fingerprint density at radius 3 is 1.59 bits per heavy atom. The lowest BCUT2D eigenvalue weighted by Crippen LogP contribution is -2.67. The highest BCUT2D eigenvalue weighted by atomic mass is 32.1. The van der Waals surface area contributed by atoms with Gasteiger partial charge in [-0.3, -0.25) is 14.4 Å². The molecule has 4 aromatic rings. The molecule has 0 bridgehead atoms. The summed E-state index contributed by atoms with van der Waals surface area (Å²) in [4.78, 5) is 37.9. The molecule has 6 rings (SSSR count). The van der Waals surface area contributed by atoms with Gasteiger partial charge < -0.3 is 61.3 Å². The predicted octanol–water partition coefficient (Wildman–Crippen LogP) is 10.8. The molecule has 4 aromatic carbocycles. The summed E-state index contributed by atoms with van der Waals surface area (Å²) in [5, 5.41) is -0.446. The number of rotatable bonds is 29. The number of carbonyl (C=O) groups excluding carboxylic acids is 3. The van der Waals surface area contributed by atoms with Crippen LogP contribution < -0.4 is 4.74 Å². The van der Waals surface area contributed by atoms with Crippen LogP contribution in [0, 0.1) is 0 Å². The van der Waals surface area contributed by atoms with Crippen molar-refractivity contribution in [1.29, 1.82) is 0 Å². The molecule has 2 saturated heterocycles. The first kappa shape index (κ1) is 62.1. The third kappa shape index (κ3) is 19.9. The van der Waals surface area contributed by atoms with Gasteiger partial charge in [-0.05, 0) is 59.8 Å². The van der Waals surface area contributed by atoms with Gasteiger partial charge >= 0.3 is 23.1 Å². The zero-order valence-electron chi connectivity index (χ0n) is 46.5. The number of unbranched alkanes of at least 4 members (excludes halogenated alkanes) is 5. The van der Waals surface area contributed by atoms with E-state index in [9.17, 15) is 14.4 Å². The maximum Gasteiger partial charge on any atom is 0.358 e. The number of thiocarbonyl (C=S) groups is 1. The Labute approximate surface area is 467 Å². The zero-order chi connectivity index (χ0) is 55.9. The minimum atomic E-state index is -2.46. The highest BCUT2D eigenvalue weighted by molar-refractivity contribution is 7.79. The van der Waals surface area contributed by atoms with E-state index in [-0.39, 0.29) is 55.9 Å². The topological polar surface area (TPSA) is 171 Å². The Bertz CT molecular complexity index is 2390. The second-order valence-corrected chi connectivity index (χ2v) is 26.1. The normalized spacial score (nSPS) is 23.4. The van der Waals surface area contributed by atoms with Gasteiger partial charge in [0.1, 0.15) is 42.9 Å². The first-order valence-corrected chi connectivity index (χ1v) is 30.3. The second kappa shape index (κ2) is 31.6. The molecule has 0 saturated carbocycles. The van der Waals surface area contributed by atoms with Gasteiger partial charge in [0.05, 0.1) is 33.5 Å². The van der Waals surface area contributed by atoms with E-state index in [4.69, 9.17) is 73.5 Å². The minimum Gasteiger partial charge on any atom is -0.469 e. The molecule has 426 valence electrons. The second-order valence-electron chi connectivity index (χ2n) is 21.0. The van der Waals surface area contributed by atoms with E-state index in [2.05, 4.69) is 33.9 Å². The summed E-state index contributed by atoms with van der Waals surface area (Å²) >= 11 is 5.78. The summed E-state index contributed by atoms with van der Waals surface area (Å²) in [5.41, 5.74) is 2.63. The van der Waals surface area contributed by atoms with Crippen molar-refractivity contribution in [3.63, 3.8) is 0 Å². The average molecular weight is 1120 g/mol. The van der Waals surface area contributed by atoms with Crippen LogP contribution in [0.25, 0.3) is 0 Å². The molecule has 2 heterocycles. The van der Waals surface area contributed by atoms with E-state index in [0.29, 0.717) is 18.6 Å². The quantitative estimate of drug-likeness (QED) is 0.0165. The van der Waals surface area contributed by atoms with Gasteiger partial charge in [-0.15, -0.1) is 0 Å². The average Bonchev–Trinajstić information content (AvgIpc) is 3.52. The molecule has 18 heteroatoms. The van der Waals surface area contributed by atoms with Gasteiger partial charge in [0.2, 0.25) is 0 Å². The number of para-hydroxylation sites is 1. The first-order chi connectivity index (χ1) is 37.5. The third-order valence-electron chi connectivity index (χ3n) is 14.0. The van der Waals surface area contributed by atoms with Crippen LogP contribution in [0.2, 0.25) is 18.1 Å². The van der Waals surface area contributed by atoms with Crippen LogP contribution >= 0.6 is 12.2 Å². The SMILES string of the molecule is COC(=O)CCCCCCCCO[C@H]1O[C@H](CO[Si](C)(C)C(C)(C)C)[C@@H](OC(=S)Oc2ccccc2)[C@H](OC(C)=O)[C@H]1O[C@@H]1O[C@H](COC(C)=O)[C@@H](OCc2ccccc2)[C@H](OCc2ccccc2)[C@H]1OCc1ccccc1. The lowest BCUT2D eigenvalue weighted by molar-refractivity contribution is -0.376. The van der Waals surface area contributed by atoms with Gasteiger partial charge in [-0.2, -0.15) is 0 Å². The molecule has 2 aliphatic rings. The van der Waals surface area contributed by atoms with Crippen molar-refractivity contribution in [1.82, 2.24) is 0 Å². The third-order valence-corrected chi connectivity index (χ3v) is 18.6. The molecule has 0 radical (unpaired) electrons. The maximum absolute atomic E-state index is 13.6. The highest BCUT2D eigenvalue weighted by Crippen LogP contribution is 2.40. The summed E-state index contributed by atoms with van der Waals surface area (Å²) in [5.74, 6) is -0.980. The summed E-state index contributed by atoms with van der Waals surface area (Å²) in [6.07, 6.45) is -5.93. The lowest BCUT2D eigenvalue weighted by atomic mass is 9.96. The molecular formula is C60H80O16SSi. The van der Waals surface area contributed by atoms with E-state index < -0.39 is 81.7 Å². The van der Waals surface area contributed by atoms with Crippen molar-refractivity contribution in [2.45, 2.75) is 179 Å². The van der Waals surface area contributed by atoms with Crippen LogP contribution in [-0.4, -0.2) is 120 Å². The Kier molecular flexibility index (Phi) is 25.2. The van der Waals surface area contributed by atoms with Gasteiger partial charge in [0.25, 0.3) is 0 Å². The minimum absolute atomic E-state index is 0.00800.